The average Bonchev–Trinajstić information content (AvgIpc) is 2.74. The molecule has 176 valence electrons. The van der Waals surface area contributed by atoms with E-state index in [1.54, 1.807) is 0 Å². The number of benzene rings is 2. The van der Waals surface area contributed by atoms with Crippen molar-refractivity contribution in [1.82, 2.24) is 0 Å². The van der Waals surface area contributed by atoms with Crippen molar-refractivity contribution in [2.75, 3.05) is 0 Å². The number of ether oxygens (including phenoxy) is 2. The molecular formula is C25H29F5O2. The molecule has 0 radical (unpaired) electrons. The van der Waals surface area contributed by atoms with Crippen molar-refractivity contribution in [1.29, 1.82) is 0 Å². The van der Waals surface area contributed by atoms with Crippen LogP contribution in [0.25, 0.3) is 0 Å². The summed E-state index contributed by atoms with van der Waals surface area (Å²) in [6, 6.07) is 12.0. The lowest BCUT2D eigenvalue weighted by Gasteiger charge is -2.28. The zero-order valence-corrected chi connectivity index (χ0v) is 18.1. The molecule has 0 aliphatic heterocycles. The summed E-state index contributed by atoms with van der Waals surface area (Å²) in [5.41, 5.74) is 2.05. The molecule has 1 aliphatic carbocycles. The van der Waals surface area contributed by atoms with Crippen LogP contribution >= 0.6 is 0 Å². The van der Waals surface area contributed by atoms with E-state index in [9.17, 15) is 22.0 Å². The number of hydrogen-bond donors (Lipinski definition) is 0. The van der Waals surface area contributed by atoms with Crippen LogP contribution in [-0.2, 0) is 17.8 Å². The van der Waals surface area contributed by atoms with Crippen molar-refractivity contribution in [3.8, 4) is 5.75 Å². The molecule has 0 heterocycles. The SMILES string of the molecule is CCCC1CCC(c2ccc(COC(F)(F)Cc3ccc(OC(F)(F)F)cc3)cc2)CC1. The lowest BCUT2D eigenvalue weighted by molar-refractivity contribution is -0.274. The molecule has 32 heavy (non-hydrogen) atoms. The molecule has 0 N–H and O–H groups in total. The Morgan fingerprint density at radius 1 is 0.812 bits per heavy atom. The first-order valence-corrected chi connectivity index (χ1v) is 11.1. The van der Waals surface area contributed by atoms with E-state index in [1.165, 1.54) is 56.2 Å². The van der Waals surface area contributed by atoms with Crippen LogP contribution in [0, 0.1) is 5.92 Å². The van der Waals surface area contributed by atoms with Crippen LogP contribution in [0.1, 0.15) is 68.1 Å². The number of halogens is 5. The first-order chi connectivity index (χ1) is 15.1. The molecular weight excluding hydrogens is 427 g/mol. The molecule has 2 aromatic carbocycles. The van der Waals surface area contributed by atoms with Crippen LogP contribution in [0.5, 0.6) is 5.75 Å². The van der Waals surface area contributed by atoms with Gasteiger partial charge in [-0.25, -0.2) is 0 Å². The van der Waals surface area contributed by atoms with Crippen LogP contribution in [0.15, 0.2) is 48.5 Å². The van der Waals surface area contributed by atoms with Gasteiger partial charge in [0, 0.05) is 0 Å². The van der Waals surface area contributed by atoms with Gasteiger partial charge in [0.05, 0.1) is 13.0 Å². The van der Waals surface area contributed by atoms with Gasteiger partial charge in [-0.05, 0) is 66.3 Å². The average molecular weight is 456 g/mol. The quantitative estimate of drug-likeness (QED) is 0.356. The number of alkyl halides is 5. The molecule has 1 saturated carbocycles. The molecule has 1 fully saturated rings. The van der Waals surface area contributed by atoms with Gasteiger partial charge in [-0.3, -0.25) is 0 Å². The summed E-state index contributed by atoms with van der Waals surface area (Å²) in [5.74, 6) is 0.910. The minimum Gasteiger partial charge on any atom is -0.406 e. The van der Waals surface area contributed by atoms with E-state index in [2.05, 4.69) is 11.7 Å². The number of rotatable bonds is 9. The highest BCUT2D eigenvalue weighted by molar-refractivity contribution is 5.28. The minimum absolute atomic E-state index is 0.151. The predicted molar refractivity (Wildman–Crippen MR) is 113 cm³/mol. The van der Waals surface area contributed by atoms with Gasteiger partial charge in [0.25, 0.3) is 0 Å². The zero-order valence-electron chi connectivity index (χ0n) is 18.1. The molecule has 2 aromatic rings. The standard InChI is InChI=1S/C25H29F5O2/c1-2-3-18-4-10-21(11-5-18)22-12-6-20(7-13-22)17-31-24(26,27)16-19-8-14-23(15-9-19)32-25(28,29)30/h6-9,12-15,18,21H,2-5,10-11,16-17H2,1H3. The molecule has 0 spiro atoms. The maximum Gasteiger partial charge on any atom is 0.573 e. The van der Waals surface area contributed by atoms with E-state index in [0.29, 0.717) is 11.5 Å². The smallest absolute Gasteiger partial charge is 0.406 e. The first kappa shape index (κ1) is 24.5. The molecule has 3 rings (SSSR count). The lowest BCUT2D eigenvalue weighted by atomic mass is 9.77. The summed E-state index contributed by atoms with van der Waals surface area (Å²) in [6.45, 7) is 1.98. The van der Waals surface area contributed by atoms with Crippen molar-refractivity contribution in [2.24, 2.45) is 5.92 Å². The topological polar surface area (TPSA) is 18.5 Å². The highest BCUT2D eigenvalue weighted by Gasteiger charge is 2.32. The molecule has 0 amide bonds. The second-order valence-electron chi connectivity index (χ2n) is 8.54. The third kappa shape index (κ3) is 7.76. The molecule has 0 bridgehead atoms. The monoisotopic (exact) mass is 456 g/mol. The van der Waals surface area contributed by atoms with E-state index in [4.69, 9.17) is 4.74 Å². The summed E-state index contributed by atoms with van der Waals surface area (Å²) in [4.78, 5) is 0. The van der Waals surface area contributed by atoms with E-state index < -0.39 is 24.6 Å². The van der Waals surface area contributed by atoms with Gasteiger partial charge in [0.1, 0.15) is 5.75 Å². The van der Waals surface area contributed by atoms with Crippen molar-refractivity contribution in [3.63, 3.8) is 0 Å². The molecule has 0 atom stereocenters. The summed E-state index contributed by atoms with van der Waals surface area (Å²) in [5, 5.41) is 0. The van der Waals surface area contributed by atoms with E-state index >= 15 is 0 Å². The Hall–Kier alpha value is -2.15. The molecule has 1 aliphatic rings. The summed E-state index contributed by atoms with van der Waals surface area (Å²) in [7, 11) is 0. The van der Waals surface area contributed by atoms with Crippen LogP contribution in [0.3, 0.4) is 0 Å². The predicted octanol–water partition coefficient (Wildman–Crippen LogP) is 8.01. The van der Waals surface area contributed by atoms with Gasteiger partial charge in [-0.1, -0.05) is 56.2 Å². The van der Waals surface area contributed by atoms with Crippen molar-refractivity contribution in [2.45, 2.75) is 76.9 Å². The highest BCUT2D eigenvalue weighted by Crippen LogP contribution is 2.37. The molecule has 0 unspecified atom stereocenters. The Kier molecular flexibility index (Phi) is 8.15. The van der Waals surface area contributed by atoms with Gasteiger partial charge in [-0.2, -0.15) is 8.78 Å². The largest absolute Gasteiger partial charge is 0.573 e. The Morgan fingerprint density at radius 2 is 1.41 bits per heavy atom. The lowest BCUT2D eigenvalue weighted by Crippen LogP contribution is -2.24. The van der Waals surface area contributed by atoms with Gasteiger partial charge in [0.2, 0.25) is 0 Å². The fraction of sp³-hybridized carbons (Fsp3) is 0.520. The Balaban J connectivity index is 1.48. The van der Waals surface area contributed by atoms with Crippen LogP contribution in [0.4, 0.5) is 22.0 Å². The Labute approximate surface area is 185 Å². The summed E-state index contributed by atoms with van der Waals surface area (Å²) >= 11 is 0. The zero-order chi connectivity index (χ0) is 23.2. The van der Waals surface area contributed by atoms with Crippen molar-refractivity contribution in [3.05, 3.63) is 65.2 Å². The fourth-order valence-electron chi connectivity index (χ4n) is 4.37. The highest BCUT2D eigenvalue weighted by atomic mass is 19.4. The van der Waals surface area contributed by atoms with Crippen molar-refractivity contribution < 1.29 is 31.4 Å². The van der Waals surface area contributed by atoms with Gasteiger partial charge >= 0.3 is 12.5 Å². The van der Waals surface area contributed by atoms with Gasteiger partial charge in [-0.15, -0.1) is 13.2 Å². The summed E-state index contributed by atoms with van der Waals surface area (Å²) < 4.78 is 73.5. The number of hydrogen-bond acceptors (Lipinski definition) is 2. The van der Waals surface area contributed by atoms with E-state index in [1.807, 2.05) is 24.3 Å². The summed E-state index contributed by atoms with van der Waals surface area (Å²) in [6.07, 6.45) is -1.64. The third-order valence-corrected chi connectivity index (χ3v) is 6.01. The third-order valence-electron chi connectivity index (χ3n) is 6.01. The second-order valence-corrected chi connectivity index (χ2v) is 8.54. The van der Waals surface area contributed by atoms with Gasteiger partial charge < -0.3 is 9.47 Å². The fourth-order valence-corrected chi connectivity index (χ4v) is 4.37. The Morgan fingerprint density at radius 3 is 1.97 bits per heavy atom. The van der Waals surface area contributed by atoms with Gasteiger partial charge in [0.15, 0.2) is 0 Å². The minimum atomic E-state index is -4.82. The maximum absolute atomic E-state index is 14.2. The van der Waals surface area contributed by atoms with E-state index in [0.717, 1.165) is 18.1 Å². The maximum atomic E-state index is 14.2. The van der Waals surface area contributed by atoms with Crippen LogP contribution < -0.4 is 4.74 Å². The second kappa shape index (κ2) is 10.6. The van der Waals surface area contributed by atoms with Crippen molar-refractivity contribution >= 4 is 0 Å². The molecule has 2 nitrogen and oxygen atoms in total. The molecule has 0 aromatic heterocycles. The molecule has 7 heteroatoms. The Bertz CT molecular complexity index is 823. The van der Waals surface area contributed by atoms with Crippen LogP contribution in [-0.4, -0.2) is 12.5 Å². The normalized spacial score (nSPS) is 19.7. The first-order valence-electron chi connectivity index (χ1n) is 11.1. The van der Waals surface area contributed by atoms with Crippen LogP contribution in [0.2, 0.25) is 0 Å². The molecule has 0 saturated heterocycles. The van der Waals surface area contributed by atoms with E-state index in [-0.39, 0.29) is 12.2 Å².